The topological polar surface area (TPSA) is 45.7 Å². The molecule has 0 saturated carbocycles. The van der Waals surface area contributed by atoms with Crippen molar-refractivity contribution >= 4 is 5.91 Å². The van der Waals surface area contributed by atoms with E-state index in [-0.39, 0.29) is 5.91 Å². The van der Waals surface area contributed by atoms with Gasteiger partial charge in [0.05, 0.1) is 12.7 Å². The van der Waals surface area contributed by atoms with Gasteiger partial charge in [0.15, 0.2) is 0 Å². The molecule has 0 spiro atoms. The Labute approximate surface area is 162 Å². The van der Waals surface area contributed by atoms with Crippen LogP contribution < -0.4 is 4.74 Å². The first-order chi connectivity index (χ1) is 13.2. The predicted molar refractivity (Wildman–Crippen MR) is 107 cm³/mol. The van der Waals surface area contributed by atoms with Crippen LogP contribution in [-0.4, -0.2) is 61.0 Å². The summed E-state index contributed by atoms with van der Waals surface area (Å²) in [6, 6.07) is 12.0. The number of likely N-dealkylation sites (tertiary alicyclic amines) is 1. The molecule has 1 aromatic heterocycles. The SMILES string of the molecule is COc1ccc(CCN2CCC(CN(C)C(=O)c3cccnc3)CC2)cc1. The van der Waals surface area contributed by atoms with Gasteiger partial charge in [0.25, 0.3) is 5.91 Å². The van der Waals surface area contributed by atoms with Gasteiger partial charge in [-0.15, -0.1) is 0 Å². The van der Waals surface area contributed by atoms with Gasteiger partial charge in [0.1, 0.15) is 5.75 Å². The fraction of sp³-hybridized carbons (Fsp3) is 0.455. The number of nitrogens with zero attached hydrogens (tertiary/aromatic N) is 3. The van der Waals surface area contributed by atoms with E-state index in [1.807, 2.05) is 36.2 Å². The van der Waals surface area contributed by atoms with Crippen molar-refractivity contribution in [3.63, 3.8) is 0 Å². The first-order valence-corrected chi connectivity index (χ1v) is 9.66. The van der Waals surface area contributed by atoms with Crippen LogP contribution in [0.5, 0.6) is 5.75 Å². The second-order valence-corrected chi connectivity index (χ2v) is 7.31. The molecule has 5 heteroatoms. The summed E-state index contributed by atoms with van der Waals surface area (Å²) in [5.74, 6) is 1.54. The summed E-state index contributed by atoms with van der Waals surface area (Å²) in [6.07, 6.45) is 6.69. The lowest BCUT2D eigenvalue weighted by Crippen LogP contribution is -2.40. The average molecular weight is 367 g/mol. The number of aromatic nitrogens is 1. The number of carbonyl (C=O) groups is 1. The van der Waals surface area contributed by atoms with Crippen LogP contribution in [0.2, 0.25) is 0 Å². The zero-order chi connectivity index (χ0) is 19.1. The van der Waals surface area contributed by atoms with Gasteiger partial charge in [-0.2, -0.15) is 0 Å². The van der Waals surface area contributed by atoms with Crippen molar-refractivity contribution in [2.24, 2.45) is 5.92 Å². The number of ether oxygens (including phenoxy) is 1. The van der Waals surface area contributed by atoms with Crippen molar-refractivity contribution in [3.8, 4) is 5.75 Å². The number of hydrogen-bond donors (Lipinski definition) is 0. The Morgan fingerprint density at radius 3 is 2.59 bits per heavy atom. The van der Waals surface area contributed by atoms with Crippen LogP contribution in [0, 0.1) is 5.92 Å². The molecule has 2 aromatic rings. The van der Waals surface area contributed by atoms with Gasteiger partial charge in [-0.25, -0.2) is 0 Å². The fourth-order valence-electron chi connectivity index (χ4n) is 3.65. The molecular weight excluding hydrogens is 338 g/mol. The average Bonchev–Trinajstić information content (AvgIpc) is 2.73. The molecule has 27 heavy (non-hydrogen) atoms. The van der Waals surface area contributed by atoms with E-state index in [2.05, 4.69) is 22.0 Å². The molecule has 1 saturated heterocycles. The van der Waals surface area contributed by atoms with E-state index in [0.29, 0.717) is 11.5 Å². The summed E-state index contributed by atoms with van der Waals surface area (Å²) in [4.78, 5) is 20.9. The highest BCUT2D eigenvalue weighted by Crippen LogP contribution is 2.19. The number of amides is 1. The molecule has 3 rings (SSSR count). The largest absolute Gasteiger partial charge is 0.497 e. The van der Waals surface area contributed by atoms with Gasteiger partial charge in [0.2, 0.25) is 0 Å². The number of methoxy groups -OCH3 is 1. The summed E-state index contributed by atoms with van der Waals surface area (Å²) in [6.45, 7) is 4.12. The number of piperidine rings is 1. The molecule has 0 aliphatic carbocycles. The zero-order valence-corrected chi connectivity index (χ0v) is 16.3. The van der Waals surface area contributed by atoms with Gasteiger partial charge in [-0.1, -0.05) is 12.1 Å². The molecule has 0 unspecified atom stereocenters. The number of carbonyl (C=O) groups excluding carboxylic acids is 1. The van der Waals surface area contributed by atoms with Gasteiger partial charge >= 0.3 is 0 Å². The Kier molecular flexibility index (Phi) is 6.82. The first kappa shape index (κ1) is 19.4. The van der Waals surface area contributed by atoms with Crippen molar-refractivity contribution in [1.29, 1.82) is 0 Å². The van der Waals surface area contributed by atoms with Crippen molar-refractivity contribution in [3.05, 3.63) is 59.9 Å². The minimum atomic E-state index is 0.0602. The van der Waals surface area contributed by atoms with Gasteiger partial charge in [0, 0.05) is 32.5 Å². The quantitative estimate of drug-likeness (QED) is 0.754. The van der Waals surface area contributed by atoms with Crippen molar-refractivity contribution in [1.82, 2.24) is 14.8 Å². The third kappa shape index (κ3) is 5.54. The predicted octanol–water partition coefficient (Wildman–Crippen LogP) is 3.12. The maximum absolute atomic E-state index is 12.5. The second-order valence-electron chi connectivity index (χ2n) is 7.31. The van der Waals surface area contributed by atoms with Gasteiger partial charge < -0.3 is 14.5 Å². The lowest BCUT2D eigenvalue weighted by Gasteiger charge is -2.34. The van der Waals surface area contributed by atoms with Crippen LogP contribution in [0.1, 0.15) is 28.8 Å². The Bertz CT molecular complexity index is 710. The second kappa shape index (κ2) is 9.51. The molecule has 5 nitrogen and oxygen atoms in total. The fourth-order valence-corrected chi connectivity index (χ4v) is 3.65. The highest BCUT2D eigenvalue weighted by molar-refractivity contribution is 5.93. The molecule has 0 atom stereocenters. The molecule has 0 bridgehead atoms. The molecule has 2 heterocycles. The third-order valence-corrected chi connectivity index (χ3v) is 5.37. The Balaban J connectivity index is 1.40. The molecule has 1 fully saturated rings. The highest BCUT2D eigenvalue weighted by Gasteiger charge is 2.22. The van der Waals surface area contributed by atoms with Crippen molar-refractivity contribution in [2.75, 3.05) is 40.3 Å². The smallest absolute Gasteiger partial charge is 0.255 e. The Morgan fingerprint density at radius 1 is 1.22 bits per heavy atom. The summed E-state index contributed by atoms with van der Waals surface area (Å²) in [5, 5.41) is 0. The molecule has 1 aromatic carbocycles. The van der Waals surface area contributed by atoms with E-state index >= 15 is 0 Å². The van der Waals surface area contributed by atoms with Crippen molar-refractivity contribution < 1.29 is 9.53 Å². The van der Waals surface area contributed by atoms with Crippen LogP contribution >= 0.6 is 0 Å². The van der Waals surface area contributed by atoms with Crippen LogP contribution in [0.3, 0.4) is 0 Å². The van der Waals surface area contributed by atoms with Crippen LogP contribution in [0.4, 0.5) is 0 Å². The lowest BCUT2D eigenvalue weighted by atomic mass is 9.95. The first-order valence-electron chi connectivity index (χ1n) is 9.66. The van der Waals surface area contributed by atoms with Gasteiger partial charge in [-0.05, 0) is 68.1 Å². The molecular formula is C22H29N3O2. The summed E-state index contributed by atoms with van der Waals surface area (Å²) < 4.78 is 5.21. The molecule has 0 N–H and O–H groups in total. The molecule has 1 aliphatic rings. The van der Waals surface area contributed by atoms with Crippen LogP contribution in [0.15, 0.2) is 48.8 Å². The van der Waals surface area contributed by atoms with E-state index in [0.717, 1.165) is 51.2 Å². The number of benzene rings is 1. The van der Waals surface area contributed by atoms with Crippen LogP contribution in [-0.2, 0) is 6.42 Å². The van der Waals surface area contributed by atoms with E-state index < -0.39 is 0 Å². The molecule has 144 valence electrons. The monoisotopic (exact) mass is 367 g/mol. The van der Waals surface area contributed by atoms with E-state index in [4.69, 9.17) is 4.74 Å². The zero-order valence-electron chi connectivity index (χ0n) is 16.3. The maximum atomic E-state index is 12.5. The Morgan fingerprint density at radius 2 is 1.96 bits per heavy atom. The lowest BCUT2D eigenvalue weighted by molar-refractivity contribution is 0.0740. The van der Waals surface area contributed by atoms with Crippen molar-refractivity contribution in [2.45, 2.75) is 19.3 Å². The third-order valence-electron chi connectivity index (χ3n) is 5.37. The maximum Gasteiger partial charge on any atom is 0.255 e. The van der Waals surface area contributed by atoms with Crippen LogP contribution in [0.25, 0.3) is 0 Å². The molecule has 1 aliphatic heterocycles. The normalized spacial score (nSPS) is 15.5. The standard InChI is InChI=1S/C22H29N3O2/c1-24(22(26)20-4-3-12-23-16-20)17-19-10-14-25(15-11-19)13-9-18-5-7-21(27-2)8-6-18/h3-8,12,16,19H,9-11,13-15,17H2,1-2H3. The summed E-state index contributed by atoms with van der Waals surface area (Å²) >= 11 is 0. The molecule has 1 amide bonds. The summed E-state index contributed by atoms with van der Waals surface area (Å²) in [5.41, 5.74) is 2.01. The van der Waals surface area contributed by atoms with Gasteiger partial charge in [-0.3, -0.25) is 9.78 Å². The minimum absolute atomic E-state index is 0.0602. The molecule has 0 radical (unpaired) electrons. The summed E-state index contributed by atoms with van der Waals surface area (Å²) in [7, 11) is 3.59. The number of hydrogen-bond acceptors (Lipinski definition) is 4. The number of rotatable bonds is 7. The van der Waals surface area contributed by atoms with E-state index in [9.17, 15) is 4.79 Å². The minimum Gasteiger partial charge on any atom is -0.497 e. The Hall–Kier alpha value is -2.40. The highest BCUT2D eigenvalue weighted by atomic mass is 16.5. The van der Waals surface area contributed by atoms with E-state index in [1.54, 1.807) is 19.5 Å². The van der Waals surface area contributed by atoms with E-state index in [1.165, 1.54) is 5.56 Å². The number of pyridine rings is 1.